The van der Waals surface area contributed by atoms with Gasteiger partial charge in [0.1, 0.15) is 0 Å². The van der Waals surface area contributed by atoms with Gasteiger partial charge in [0.2, 0.25) is 5.16 Å². The van der Waals surface area contributed by atoms with Crippen LogP contribution in [0.4, 0.5) is 11.4 Å². The molecule has 0 radical (unpaired) electrons. The van der Waals surface area contributed by atoms with Crippen molar-refractivity contribution in [1.29, 1.82) is 0 Å². The number of nitrogens with one attached hydrogen (secondary N) is 2. The summed E-state index contributed by atoms with van der Waals surface area (Å²) in [6, 6.07) is 18.2. The first-order chi connectivity index (χ1) is 17.0. The van der Waals surface area contributed by atoms with Crippen molar-refractivity contribution in [3.8, 4) is 0 Å². The number of aromatic nitrogens is 4. The molecule has 2 N–H and O–H groups in total. The van der Waals surface area contributed by atoms with E-state index < -0.39 is 0 Å². The van der Waals surface area contributed by atoms with E-state index in [0.717, 1.165) is 28.3 Å². The van der Waals surface area contributed by atoms with Crippen molar-refractivity contribution in [3.05, 3.63) is 77.1 Å². The molecule has 35 heavy (non-hydrogen) atoms. The summed E-state index contributed by atoms with van der Waals surface area (Å²) in [5.74, 6) is 1.06. The van der Waals surface area contributed by atoms with Gasteiger partial charge >= 0.3 is 0 Å². The van der Waals surface area contributed by atoms with Crippen molar-refractivity contribution in [2.75, 3.05) is 10.6 Å². The number of thioether (sulfide) groups is 1. The van der Waals surface area contributed by atoms with Gasteiger partial charge in [-0.1, -0.05) is 49.2 Å². The van der Waals surface area contributed by atoms with Crippen LogP contribution in [0, 0.1) is 13.8 Å². The van der Waals surface area contributed by atoms with E-state index in [1.807, 2.05) is 68.4 Å². The van der Waals surface area contributed by atoms with Crippen LogP contribution in [0.2, 0.25) is 0 Å². The Morgan fingerprint density at radius 2 is 1.74 bits per heavy atom. The van der Waals surface area contributed by atoms with Crippen molar-refractivity contribution in [2.45, 2.75) is 62.9 Å². The minimum atomic E-state index is -0.120. The SMILES string of the molecule is Cc1cc(C)n2nc(SCc3ccccc3C(=O)Nc3ccc(NC4CCCCC4)cc3)nc2n1. The lowest BCUT2D eigenvalue weighted by Crippen LogP contribution is -2.22. The van der Waals surface area contributed by atoms with Crippen LogP contribution in [0.1, 0.15) is 59.4 Å². The lowest BCUT2D eigenvalue weighted by Gasteiger charge is -2.24. The Morgan fingerprint density at radius 3 is 2.54 bits per heavy atom. The Hall–Kier alpha value is -3.39. The van der Waals surface area contributed by atoms with Gasteiger partial charge in [-0.3, -0.25) is 4.79 Å². The van der Waals surface area contributed by atoms with E-state index in [1.54, 1.807) is 4.52 Å². The molecular formula is C27H30N6OS. The summed E-state index contributed by atoms with van der Waals surface area (Å²) in [7, 11) is 0. The molecular weight excluding hydrogens is 456 g/mol. The normalized spacial score (nSPS) is 14.2. The van der Waals surface area contributed by atoms with Crippen molar-refractivity contribution < 1.29 is 4.79 Å². The first kappa shape index (κ1) is 23.4. The Morgan fingerprint density at radius 1 is 1.00 bits per heavy atom. The molecule has 0 aliphatic heterocycles. The number of benzene rings is 2. The van der Waals surface area contributed by atoms with Gasteiger partial charge in [0.05, 0.1) is 0 Å². The van der Waals surface area contributed by atoms with Gasteiger partial charge < -0.3 is 10.6 Å². The van der Waals surface area contributed by atoms with Gasteiger partial charge in [-0.15, -0.1) is 5.10 Å². The van der Waals surface area contributed by atoms with Crippen molar-refractivity contribution >= 4 is 34.8 Å². The Labute approximate surface area is 209 Å². The summed E-state index contributed by atoms with van der Waals surface area (Å²) >= 11 is 1.50. The molecule has 0 bridgehead atoms. The van der Waals surface area contributed by atoms with Crippen LogP contribution in [0.5, 0.6) is 0 Å². The summed E-state index contributed by atoms with van der Waals surface area (Å²) in [6.45, 7) is 3.94. The minimum absolute atomic E-state index is 0.120. The van der Waals surface area contributed by atoms with E-state index in [1.165, 1.54) is 43.9 Å². The number of rotatable bonds is 7. The number of nitrogens with zero attached hydrogens (tertiary/aromatic N) is 4. The van der Waals surface area contributed by atoms with Crippen molar-refractivity contribution in [3.63, 3.8) is 0 Å². The summed E-state index contributed by atoms with van der Waals surface area (Å²) in [6.07, 6.45) is 6.40. The fraction of sp³-hybridized carbons (Fsp3) is 0.333. The Bertz CT molecular complexity index is 1330. The third-order valence-corrected chi connectivity index (χ3v) is 7.22. The first-order valence-corrected chi connectivity index (χ1v) is 13.1. The molecule has 0 unspecified atom stereocenters. The zero-order valence-corrected chi connectivity index (χ0v) is 20.9. The van der Waals surface area contributed by atoms with Gasteiger partial charge in [-0.25, -0.2) is 9.50 Å². The highest BCUT2D eigenvalue weighted by atomic mass is 32.2. The topological polar surface area (TPSA) is 84.2 Å². The molecule has 0 atom stereocenters. The second kappa shape index (κ2) is 10.5. The molecule has 1 aliphatic carbocycles. The van der Waals surface area contributed by atoms with Crippen LogP contribution in [-0.4, -0.2) is 31.5 Å². The lowest BCUT2D eigenvalue weighted by atomic mass is 9.95. The lowest BCUT2D eigenvalue weighted by molar-refractivity contribution is 0.102. The van der Waals surface area contributed by atoms with Crippen LogP contribution in [-0.2, 0) is 5.75 Å². The average Bonchev–Trinajstić information content (AvgIpc) is 3.28. The number of amides is 1. The maximum atomic E-state index is 13.1. The molecule has 0 spiro atoms. The van der Waals surface area contributed by atoms with E-state index in [9.17, 15) is 4.79 Å². The van der Waals surface area contributed by atoms with Crippen molar-refractivity contribution in [2.24, 2.45) is 0 Å². The molecule has 2 aromatic heterocycles. The standard InChI is InChI=1S/C27H30N6OS/c1-18-16-19(2)33-26(28-18)31-27(32-33)35-17-20-8-6-7-11-24(20)25(34)30-23-14-12-22(13-15-23)29-21-9-4-3-5-10-21/h6-8,11-16,21,29H,3-5,9-10,17H2,1-2H3,(H,30,34). The van der Waals surface area contributed by atoms with Crippen LogP contribution in [0.15, 0.2) is 59.8 Å². The third kappa shape index (κ3) is 5.65. The molecule has 0 saturated heterocycles. The summed E-state index contributed by atoms with van der Waals surface area (Å²) < 4.78 is 1.75. The molecule has 2 heterocycles. The van der Waals surface area contributed by atoms with E-state index in [4.69, 9.17) is 0 Å². The number of hydrogen-bond donors (Lipinski definition) is 2. The van der Waals surface area contributed by atoms with Crippen LogP contribution in [0.25, 0.3) is 5.78 Å². The fourth-order valence-electron chi connectivity index (χ4n) is 4.55. The van der Waals surface area contributed by atoms with Gasteiger partial charge in [0, 0.05) is 40.1 Å². The molecule has 1 aliphatic rings. The zero-order valence-electron chi connectivity index (χ0n) is 20.1. The van der Waals surface area contributed by atoms with Gasteiger partial charge in [-0.2, -0.15) is 4.98 Å². The van der Waals surface area contributed by atoms with Gasteiger partial charge in [0.25, 0.3) is 11.7 Å². The number of aryl methyl sites for hydroxylation is 2. The van der Waals surface area contributed by atoms with E-state index in [2.05, 4.69) is 25.7 Å². The molecule has 4 aromatic rings. The highest BCUT2D eigenvalue weighted by Gasteiger charge is 2.15. The molecule has 180 valence electrons. The van der Waals surface area contributed by atoms with Crippen LogP contribution >= 0.6 is 11.8 Å². The quantitative estimate of drug-likeness (QED) is 0.310. The average molecular weight is 487 g/mol. The first-order valence-electron chi connectivity index (χ1n) is 12.1. The molecule has 8 heteroatoms. The number of carbonyl (C=O) groups excluding carboxylic acids is 1. The van der Waals surface area contributed by atoms with Crippen LogP contribution in [0.3, 0.4) is 0 Å². The number of hydrogen-bond acceptors (Lipinski definition) is 6. The summed E-state index contributed by atoms with van der Waals surface area (Å²) in [5, 5.41) is 11.9. The van der Waals surface area contributed by atoms with E-state index >= 15 is 0 Å². The predicted molar refractivity (Wildman–Crippen MR) is 141 cm³/mol. The number of anilines is 2. The zero-order chi connectivity index (χ0) is 24.2. The summed E-state index contributed by atoms with van der Waals surface area (Å²) in [4.78, 5) is 22.1. The predicted octanol–water partition coefficient (Wildman–Crippen LogP) is 6.03. The van der Waals surface area contributed by atoms with Gasteiger partial charge in [-0.05, 0) is 68.7 Å². The fourth-order valence-corrected chi connectivity index (χ4v) is 5.37. The smallest absolute Gasteiger partial charge is 0.255 e. The molecule has 1 saturated carbocycles. The number of carbonyl (C=O) groups is 1. The monoisotopic (exact) mass is 486 g/mol. The molecule has 2 aromatic carbocycles. The Kier molecular flexibility index (Phi) is 6.99. The van der Waals surface area contributed by atoms with Crippen LogP contribution < -0.4 is 10.6 Å². The highest BCUT2D eigenvalue weighted by molar-refractivity contribution is 7.98. The minimum Gasteiger partial charge on any atom is -0.382 e. The van der Waals surface area contributed by atoms with Gasteiger partial charge in [0.15, 0.2) is 0 Å². The maximum absolute atomic E-state index is 13.1. The third-order valence-electron chi connectivity index (χ3n) is 6.34. The van der Waals surface area contributed by atoms with E-state index in [0.29, 0.717) is 28.3 Å². The molecule has 1 amide bonds. The number of fused-ring (bicyclic) bond motifs is 1. The largest absolute Gasteiger partial charge is 0.382 e. The molecule has 7 nitrogen and oxygen atoms in total. The van der Waals surface area contributed by atoms with Crippen molar-refractivity contribution in [1.82, 2.24) is 19.6 Å². The molecule has 5 rings (SSSR count). The second-order valence-electron chi connectivity index (χ2n) is 9.10. The highest BCUT2D eigenvalue weighted by Crippen LogP contribution is 2.25. The summed E-state index contributed by atoms with van der Waals surface area (Å²) in [5.41, 5.74) is 5.38. The maximum Gasteiger partial charge on any atom is 0.255 e. The molecule has 1 fully saturated rings. The van der Waals surface area contributed by atoms with E-state index in [-0.39, 0.29) is 5.91 Å². The Balaban J connectivity index is 1.24. The second-order valence-corrected chi connectivity index (χ2v) is 10.0.